The van der Waals surface area contributed by atoms with Crippen LogP contribution in [0.1, 0.15) is 5.56 Å². The maximum atomic E-state index is 12.0. The summed E-state index contributed by atoms with van der Waals surface area (Å²) in [5.74, 6) is 0.294. The van der Waals surface area contributed by atoms with E-state index in [1.54, 1.807) is 31.4 Å². The van der Waals surface area contributed by atoms with Crippen molar-refractivity contribution in [2.75, 3.05) is 12.4 Å². The molecule has 2 aromatic rings. The van der Waals surface area contributed by atoms with Crippen molar-refractivity contribution in [3.05, 3.63) is 58.1 Å². The maximum Gasteiger partial charge on any atom is 0.275 e. The second kappa shape index (κ2) is 5.28. The molecule has 0 atom stereocenters. The van der Waals surface area contributed by atoms with Crippen molar-refractivity contribution >= 4 is 28.7 Å². The Kier molecular flexibility index (Phi) is 3.30. The van der Waals surface area contributed by atoms with Crippen molar-refractivity contribution in [3.63, 3.8) is 0 Å². The predicted octanol–water partition coefficient (Wildman–Crippen LogP) is 2.68. The normalized spacial score (nSPS) is 14.6. The summed E-state index contributed by atoms with van der Waals surface area (Å²) in [6, 6.07) is 11.0. The quantitative estimate of drug-likeness (QED) is 0.696. The van der Waals surface area contributed by atoms with E-state index >= 15 is 0 Å². The fraction of sp³-hybridized carbons (Fsp3) is 0.0667. The summed E-state index contributed by atoms with van der Waals surface area (Å²) in [5, 5.41) is 13.5. The predicted molar refractivity (Wildman–Crippen MR) is 80.9 cm³/mol. The number of nitrogens with zero attached hydrogens (tertiary/aromatic N) is 2. The number of anilines is 1. The molecule has 1 aliphatic rings. The molecule has 0 unspecified atom stereocenters. The van der Waals surface area contributed by atoms with E-state index < -0.39 is 4.92 Å². The zero-order valence-corrected chi connectivity index (χ0v) is 11.6. The number of carbonyl (C=O) groups is 1. The molecule has 3 rings (SSSR count). The number of rotatable bonds is 3. The van der Waals surface area contributed by atoms with Crippen LogP contribution in [0.2, 0.25) is 0 Å². The number of fused-ring (bicyclic) bond motifs is 1. The Bertz CT molecular complexity index is 797. The van der Waals surface area contributed by atoms with Crippen LogP contribution in [-0.4, -0.2) is 23.7 Å². The SMILES string of the molecule is COc1ccc(N=C2C(=O)Nc3ccc([N+](=O)[O-])cc32)cc1. The molecule has 0 aliphatic carbocycles. The lowest BCUT2D eigenvalue weighted by molar-refractivity contribution is -0.384. The van der Waals surface area contributed by atoms with Gasteiger partial charge in [-0.05, 0) is 30.3 Å². The molecule has 7 heteroatoms. The van der Waals surface area contributed by atoms with Gasteiger partial charge in [-0.15, -0.1) is 0 Å². The van der Waals surface area contributed by atoms with E-state index in [9.17, 15) is 14.9 Å². The molecule has 7 nitrogen and oxygen atoms in total. The zero-order valence-electron chi connectivity index (χ0n) is 11.6. The number of nitro benzene ring substituents is 1. The minimum Gasteiger partial charge on any atom is -0.497 e. The van der Waals surface area contributed by atoms with Crippen molar-refractivity contribution in [1.82, 2.24) is 0 Å². The van der Waals surface area contributed by atoms with Gasteiger partial charge in [-0.25, -0.2) is 4.99 Å². The van der Waals surface area contributed by atoms with E-state index in [1.807, 2.05) is 0 Å². The monoisotopic (exact) mass is 297 g/mol. The molecule has 2 aromatic carbocycles. The first-order valence-electron chi connectivity index (χ1n) is 6.41. The summed E-state index contributed by atoms with van der Waals surface area (Å²) in [4.78, 5) is 26.6. The fourth-order valence-electron chi connectivity index (χ4n) is 2.15. The average molecular weight is 297 g/mol. The lowest BCUT2D eigenvalue weighted by atomic mass is 10.1. The third-order valence-electron chi connectivity index (χ3n) is 3.25. The topological polar surface area (TPSA) is 93.8 Å². The number of hydrogen-bond acceptors (Lipinski definition) is 5. The van der Waals surface area contributed by atoms with Crippen molar-refractivity contribution in [3.8, 4) is 5.75 Å². The van der Waals surface area contributed by atoms with Gasteiger partial charge in [0.25, 0.3) is 11.6 Å². The molecule has 0 spiro atoms. The summed E-state index contributed by atoms with van der Waals surface area (Å²) in [5.41, 5.74) is 1.57. The summed E-state index contributed by atoms with van der Waals surface area (Å²) in [7, 11) is 1.56. The van der Waals surface area contributed by atoms with Crippen LogP contribution < -0.4 is 10.1 Å². The van der Waals surface area contributed by atoms with E-state index in [0.29, 0.717) is 22.7 Å². The third-order valence-corrected chi connectivity index (χ3v) is 3.25. The zero-order chi connectivity index (χ0) is 15.7. The molecule has 22 heavy (non-hydrogen) atoms. The van der Waals surface area contributed by atoms with Gasteiger partial charge >= 0.3 is 0 Å². The molecule has 110 valence electrons. The van der Waals surface area contributed by atoms with Crippen LogP contribution in [0, 0.1) is 10.1 Å². The van der Waals surface area contributed by atoms with Crippen LogP contribution in [0.4, 0.5) is 17.1 Å². The van der Waals surface area contributed by atoms with Gasteiger partial charge in [0.05, 0.1) is 23.4 Å². The Morgan fingerprint density at radius 1 is 1.18 bits per heavy atom. The molecule has 0 aromatic heterocycles. The highest BCUT2D eigenvalue weighted by Crippen LogP contribution is 2.29. The number of methoxy groups -OCH3 is 1. The van der Waals surface area contributed by atoms with Crippen LogP contribution in [0.15, 0.2) is 47.5 Å². The number of hydrogen-bond donors (Lipinski definition) is 1. The van der Waals surface area contributed by atoms with Crippen LogP contribution in [0.25, 0.3) is 0 Å². The van der Waals surface area contributed by atoms with Gasteiger partial charge in [0.1, 0.15) is 11.5 Å². The Labute approximate surface area is 125 Å². The second-order valence-corrected chi connectivity index (χ2v) is 4.60. The number of nitro groups is 1. The number of nitrogens with one attached hydrogen (secondary N) is 1. The van der Waals surface area contributed by atoms with Crippen molar-refractivity contribution in [2.24, 2.45) is 4.99 Å². The lowest BCUT2D eigenvalue weighted by Crippen LogP contribution is -2.13. The Hall–Kier alpha value is -3.22. The van der Waals surface area contributed by atoms with Gasteiger partial charge in [-0.3, -0.25) is 14.9 Å². The largest absolute Gasteiger partial charge is 0.497 e. The van der Waals surface area contributed by atoms with Gasteiger partial charge in [0.15, 0.2) is 0 Å². The molecule has 1 N–H and O–H groups in total. The van der Waals surface area contributed by atoms with Crippen molar-refractivity contribution < 1.29 is 14.5 Å². The number of benzene rings is 2. The van der Waals surface area contributed by atoms with Gasteiger partial charge in [-0.2, -0.15) is 0 Å². The molecule has 0 radical (unpaired) electrons. The summed E-state index contributed by atoms with van der Waals surface area (Å²) in [6.45, 7) is 0. The van der Waals surface area contributed by atoms with Crippen molar-refractivity contribution in [1.29, 1.82) is 0 Å². The highest BCUT2D eigenvalue weighted by molar-refractivity contribution is 6.54. The lowest BCUT2D eigenvalue weighted by Gasteiger charge is -2.01. The van der Waals surface area contributed by atoms with Crippen molar-refractivity contribution in [2.45, 2.75) is 0 Å². The molecular formula is C15H11N3O4. The first-order chi connectivity index (χ1) is 10.6. The Balaban J connectivity index is 2.04. The number of non-ortho nitro benzene ring substituents is 1. The van der Waals surface area contributed by atoms with E-state index in [2.05, 4.69) is 10.3 Å². The average Bonchev–Trinajstić information content (AvgIpc) is 2.83. The van der Waals surface area contributed by atoms with E-state index in [1.165, 1.54) is 18.2 Å². The highest BCUT2D eigenvalue weighted by Gasteiger charge is 2.28. The van der Waals surface area contributed by atoms with Crippen LogP contribution in [0.3, 0.4) is 0 Å². The van der Waals surface area contributed by atoms with E-state index in [-0.39, 0.29) is 17.3 Å². The number of aliphatic imine (C=N–C) groups is 1. The molecule has 0 bridgehead atoms. The molecule has 0 fully saturated rings. The number of ether oxygens (including phenoxy) is 1. The minimum atomic E-state index is -0.506. The Morgan fingerprint density at radius 2 is 1.91 bits per heavy atom. The number of carbonyl (C=O) groups excluding carboxylic acids is 1. The fourth-order valence-corrected chi connectivity index (χ4v) is 2.15. The molecule has 1 amide bonds. The van der Waals surface area contributed by atoms with Crippen LogP contribution >= 0.6 is 0 Å². The molecular weight excluding hydrogens is 286 g/mol. The minimum absolute atomic E-state index is 0.0855. The maximum absolute atomic E-state index is 12.0. The summed E-state index contributed by atoms with van der Waals surface area (Å²) < 4.78 is 5.06. The third kappa shape index (κ3) is 2.39. The summed E-state index contributed by atoms with van der Waals surface area (Å²) in [6.07, 6.45) is 0. The van der Waals surface area contributed by atoms with Gasteiger partial charge < -0.3 is 10.1 Å². The van der Waals surface area contributed by atoms with Crippen LogP contribution in [0.5, 0.6) is 5.75 Å². The summed E-state index contributed by atoms with van der Waals surface area (Å²) >= 11 is 0. The molecule has 1 aliphatic heterocycles. The van der Waals surface area contributed by atoms with Gasteiger partial charge in [0, 0.05) is 17.7 Å². The standard InChI is InChI=1S/C15H11N3O4/c1-22-11-5-2-9(3-6-11)16-14-12-8-10(18(20)21)4-7-13(12)17-15(14)19/h2-8H,1H3,(H,16,17,19). The second-order valence-electron chi connectivity index (χ2n) is 4.60. The van der Waals surface area contributed by atoms with E-state index in [4.69, 9.17) is 4.74 Å². The first-order valence-corrected chi connectivity index (χ1v) is 6.41. The smallest absolute Gasteiger partial charge is 0.275 e. The molecule has 0 saturated heterocycles. The number of amides is 1. The molecule has 0 saturated carbocycles. The molecule has 1 heterocycles. The van der Waals surface area contributed by atoms with E-state index in [0.717, 1.165) is 0 Å². The highest BCUT2D eigenvalue weighted by atomic mass is 16.6. The Morgan fingerprint density at radius 3 is 2.55 bits per heavy atom. The van der Waals surface area contributed by atoms with Gasteiger partial charge in [0.2, 0.25) is 0 Å². The van der Waals surface area contributed by atoms with Crippen LogP contribution in [-0.2, 0) is 4.79 Å². The van der Waals surface area contributed by atoms with Gasteiger partial charge in [-0.1, -0.05) is 0 Å². The first kappa shape index (κ1) is 13.7.